The lowest BCUT2D eigenvalue weighted by atomic mass is 9.95. The molecule has 120 valence electrons. The molecule has 1 aromatic carbocycles. The predicted molar refractivity (Wildman–Crippen MR) is 83.7 cm³/mol. The molecule has 1 heterocycles. The van der Waals surface area contributed by atoms with Gasteiger partial charge in [0.05, 0.1) is 25.9 Å². The zero-order valence-electron chi connectivity index (χ0n) is 13.1. The van der Waals surface area contributed by atoms with Gasteiger partial charge in [0.15, 0.2) is 6.04 Å². The van der Waals surface area contributed by atoms with Crippen LogP contribution in [0.4, 0.5) is 5.69 Å². The molecule has 6 nitrogen and oxygen atoms in total. The summed E-state index contributed by atoms with van der Waals surface area (Å²) in [6.45, 7) is 3.48. The van der Waals surface area contributed by atoms with E-state index in [0.717, 1.165) is 25.9 Å². The van der Waals surface area contributed by atoms with E-state index in [1.54, 1.807) is 7.11 Å². The first kappa shape index (κ1) is 16.3. The Morgan fingerprint density at radius 2 is 1.95 bits per heavy atom. The Hall–Kier alpha value is -2.08. The number of quaternary nitrogens is 1. The number of nitrogens with two attached hydrogens (primary N) is 1. The van der Waals surface area contributed by atoms with Crippen LogP contribution < -0.4 is 20.7 Å². The minimum Gasteiger partial charge on any atom is -0.495 e. The van der Waals surface area contributed by atoms with Crippen molar-refractivity contribution in [2.75, 3.05) is 25.5 Å². The zero-order chi connectivity index (χ0) is 16.1. The molecule has 2 rings (SSSR count). The van der Waals surface area contributed by atoms with Crippen molar-refractivity contribution in [2.45, 2.75) is 25.8 Å². The quantitative estimate of drug-likeness (QED) is 0.704. The molecule has 1 fully saturated rings. The van der Waals surface area contributed by atoms with Crippen LogP contribution in [0, 0.1) is 5.92 Å². The first-order valence-electron chi connectivity index (χ1n) is 7.60. The van der Waals surface area contributed by atoms with Crippen LogP contribution >= 0.6 is 0 Å². The number of nitrogens with one attached hydrogen (secondary N) is 2. The second-order valence-electron chi connectivity index (χ2n) is 5.75. The molecule has 22 heavy (non-hydrogen) atoms. The number of ether oxygens (including phenoxy) is 1. The van der Waals surface area contributed by atoms with Gasteiger partial charge in [0, 0.05) is 18.8 Å². The molecule has 4 N–H and O–H groups in total. The van der Waals surface area contributed by atoms with Crippen LogP contribution in [0.2, 0.25) is 0 Å². The minimum absolute atomic E-state index is 0.0444. The van der Waals surface area contributed by atoms with Gasteiger partial charge in [-0.15, -0.1) is 0 Å². The molecule has 1 aromatic rings. The number of hydrogen-bond donors (Lipinski definition) is 3. The van der Waals surface area contributed by atoms with Crippen LogP contribution in [-0.4, -0.2) is 38.1 Å². The average molecular weight is 306 g/mol. The molecule has 0 spiro atoms. The third-order valence-corrected chi connectivity index (χ3v) is 4.40. The molecule has 2 amide bonds. The van der Waals surface area contributed by atoms with Crippen molar-refractivity contribution >= 4 is 17.5 Å². The summed E-state index contributed by atoms with van der Waals surface area (Å²) < 4.78 is 5.24. The Labute approximate surface area is 130 Å². The SMILES string of the molecule is COc1ccccc1NC(=O)[C@H](C)[NH+]1CCC(C(N)=O)CC1. The monoisotopic (exact) mass is 306 g/mol. The van der Waals surface area contributed by atoms with Crippen molar-refractivity contribution < 1.29 is 19.2 Å². The molecule has 1 aliphatic heterocycles. The number of hydrogen-bond acceptors (Lipinski definition) is 3. The smallest absolute Gasteiger partial charge is 0.282 e. The Bertz CT molecular complexity index is 539. The minimum atomic E-state index is -0.231. The summed E-state index contributed by atoms with van der Waals surface area (Å²) in [5.41, 5.74) is 6.02. The molecule has 0 bridgehead atoms. The number of likely N-dealkylation sites (tertiary alicyclic amines) is 1. The number of rotatable bonds is 5. The van der Waals surface area contributed by atoms with E-state index in [9.17, 15) is 9.59 Å². The molecule has 6 heteroatoms. The van der Waals surface area contributed by atoms with Crippen LogP contribution in [0.1, 0.15) is 19.8 Å². The number of para-hydroxylation sites is 2. The van der Waals surface area contributed by atoms with Crippen LogP contribution in [-0.2, 0) is 9.59 Å². The van der Waals surface area contributed by atoms with Crippen LogP contribution in [0.15, 0.2) is 24.3 Å². The zero-order valence-corrected chi connectivity index (χ0v) is 13.1. The Morgan fingerprint density at radius 3 is 2.55 bits per heavy atom. The van der Waals surface area contributed by atoms with Crippen molar-refractivity contribution in [3.63, 3.8) is 0 Å². The number of benzene rings is 1. The fourth-order valence-electron chi connectivity index (χ4n) is 2.88. The summed E-state index contributed by atoms with van der Waals surface area (Å²) in [6, 6.07) is 7.16. The maximum Gasteiger partial charge on any atom is 0.282 e. The average Bonchev–Trinajstić information content (AvgIpc) is 2.54. The number of methoxy groups -OCH3 is 1. The first-order valence-corrected chi connectivity index (χ1v) is 7.60. The second kappa shape index (κ2) is 7.26. The molecule has 1 saturated heterocycles. The number of carbonyl (C=O) groups excluding carboxylic acids is 2. The first-order chi connectivity index (χ1) is 10.5. The third kappa shape index (κ3) is 3.76. The standard InChI is InChI=1S/C16H23N3O3/c1-11(19-9-7-12(8-10-19)15(17)20)16(21)18-13-5-3-4-6-14(13)22-2/h3-6,11-12H,7-10H2,1-2H3,(H2,17,20)(H,18,21)/p+1/t11-/m0/s1. The highest BCUT2D eigenvalue weighted by Gasteiger charge is 2.32. The molecular weight excluding hydrogens is 282 g/mol. The molecule has 0 aromatic heterocycles. The van der Waals surface area contributed by atoms with Crippen LogP contribution in [0.25, 0.3) is 0 Å². The van der Waals surface area contributed by atoms with E-state index in [0.29, 0.717) is 11.4 Å². The van der Waals surface area contributed by atoms with Gasteiger partial charge in [-0.1, -0.05) is 12.1 Å². The molecular formula is C16H24N3O3+. The van der Waals surface area contributed by atoms with Crippen molar-refractivity contribution in [3.05, 3.63) is 24.3 Å². The van der Waals surface area contributed by atoms with Crippen molar-refractivity contribution in [2.24, 2.45) is 11.7 Å². The van der Waals surface area contributed by atoms with Gasteiger partial charge < -0.3 is 20.7 Å². The van der Waals surface area contributed by atoms with Gasteiger partial charge in [-0.2, -0.15) is 0 Å². The van der Waals surface area contributed by atoms with Gasteiger partial charge in [-0.25, -0.2) is 0 Å². The lowest BCUT2D eigenvalue weighted by Crippen LogP contribution is -3.17. The largest absolute Gasteiger partial charge is 0.495 e. The van der Waals surface area contributed by atoms with Gasteiger partial charge in [-0.3, -0.25) is 9.59 Å². The predicted octanol–water partition coefficient (Wildman–Crippen LogP) is -0.198. The normalized spacial score (nSPS) is 22.6. The van der Waals surface area contributed by atoms with Gasteiger partial charge in [0.1, 0.15) is 5.75 Å². The van der Waals surface area contributed by atoms with E-state index in [-0.39, 0.29) is 23.8 Å². The molecule has 0 saturated carbocycles. The molecule has 0 aliphatic carbocycles. The number of carbonyl (C=O) groups is 2. The number of piperidine rings is 1. The van der Waals surface area contributed by atoms with Crippen molar-refractivity contribution in [3.8, 4) is 5.75 Å². The van der Waals surface area contributed by atoms with Gasteiger partial charge in [0.2, 0.25) is 5.91 Å². The van der Waals surface area contributed by atoms with Crippen LogP contribution in [0.5, 0.6) is 5.75 Å². The Balaban J connectivity index is 1.94. The van der Waals surface area contributed by atoms with Crippen molar-refractivity contribution in [1.29, 1.82) is 0 Å². The number of anilines is 1. The fraction of sp³-hybridized carbons (Fsp3) is 0.500. The lowest BCUT2D eigenvalue weighted by Gasteiger charge is -2.31. The van der Waals surface area contributed by atoms with E-state index in [2.05, 4.69) is 5.32 Å². The molecule has 1 aliphatic rings. The molecule has 0 unspecified atom stereocenters. The third-order valence-electron chi connectivity index (χ3n) is 4.40. The number of amides is 2. The van der Waals surface area contributed by atoms with E-state index in [1.165, 1.54) is 4.90 Å². The Morgan fingerprint density at radius 1 is 1.32 bits per heavy atom. The second-order valence-corrected chi connectivity index (χ2v) is 5.75. The topological polar surface area (TPSA) is 85.9 Å². The highest BCUT2D eigenvalue weighted by atomic mass is 16.5. The highest BCUT2D eigenvalue weighted by Crippen LogP contribution is 2.22. The molecule has 0 radical (unpaired) electrons. The lowest BCUT2D eigenvalue weighted by molar-refractivity contribution is -0.919. The fourth-order valence-corrected chi connectivity index (χ4v) is 2.88. The van der Waals surface area contributed by atoms with E-state index in [4.69, 9.17) is 10.5 Å². The van der Waals surface area contributed by atoms with E-state index >= 15 is 0 Å². The van der Waals surface area contributed by atoms with Gasteiger partial charge in [-0.05, 0) is 19.1 Å². The summed E-state index contributed by atoms with van der Waals surface area (Å²) in [4.78, 5) is 24.8. The van der Waals surface area contributed by atoms with E-state index in [1.807, 2.05) is 31.2 Å². The highest BCUT2D eigenvalue weighted by molar-refractivity contribution is 5.94. The van der Waals surface area contributed by atoms with Crippen molar-refractivity contribution in [1.82, 2.24) is 0 Å². The summed E-state index contributed by atoms with van der Waals surface area (Å²) in [7, 11) is 1.58. The Kier molecular flexibility index (Phi) is 5.38. The van der Waals surface area contributed by atoms with E-state index < -0.39 is 0 Å². The summed E-state index contributed by atoms with van der Waals surface area (Å²) in [6.07, 6.45) is 1.49. The van der Waals surface area contributed by atoms with Gasteiger partial charge in [0.25, 0.3) is 5.91 Å². The summed E-state index contributed by atoms with van der Waals surface area (Å²) in [5.74, 6) is 0.320. The molecule has 1 atom stereocenters. The number of primary amides is 1. The van der Waals surface area contributed by atoms with Crippen LogP contribution in [0.3, 0.4) is 0 Å². The summed E-state index contributed by atoms with van der Waals surface area (Å²) >= 11 is 0. The maximum absolute atomic E-state index is 12.4. The summed E-state index contributed by atoms with van der Waals surface area (Å²) in [5, 5.41) is 2.92. The van der Waals surface area contributed by atoms with Gasteiger partial charge >= 0.3 is 0 Å². The maximum atomic E-state index is 12.4.